The first-order chi connectivity index (χ1) is 10.2. The summed E-state index contributed by atoms with van der Waals surface area (Å²) in [4.78, 5) is 0.287. The van der Waals surface area contributed by atoms with Crippen molar-refractivity contribution in [1.82, 2.24) is 0 Å². The van der Waals surface area contributed by atoms with Gasteiger partial charge in [-0.15, -0.1) is 0 Å². The molecular weight excluding hydrogens is 435 g/mol. The van der Waals surface area contributed by atoms with Crippen LogP contribution < -0.4 is 0 Å². The fourth-order valence-corrected chi connectivity index (χ4v) is 4.17. The fraction of sp³-hybridized carbons (Fsp3) is 0.368. The molecule has 2 heteroatoms. The Labute approximate surface area is 149 Å². The summed E-state index contributed by atoms with van der Waals surface area (Å²) >= 11 is 6.19. The van der Waals surface area contributed by atoms with Crippen molar-refractivity contribution in [3.8, 4) is 0 Å². The molecule has 0 saturated heterocycles. The molecule has 0 spiro atoms. The second kappa shape index (κ2) is 7.28. The zero-order valence-corrected chi connectivity index (χ0v) is 15.8. The molecule has 1 aliphatic rings. The lowest BCUT2D eigenvalue weighted by Gasteiger charge is -2.22. The Morgan fingerprint density at radius 1 is 0.810 bits per heavy atom. The van der Waals surface area contributed by atoms with E-state index in [4.69, 9.17) is 0 Å². The third-order valence-electron chi connectivity index (χ3n) is 4.47. The first-order valence-corrected chi connectivity index (χ1v) is 9.73. The van der Waals surface area contributed by atoms with Gasteiger partial charge in [-0.1, -0.05) is 71.6 Å². The van der Waals surface area contributed by atoms with E-state index >= 15 is 0 Å². The number of halogens is 2. The molecule has 1 unspecified atom stereocenters. The van der Waals surface area contributed by atoms with Crippen LogP contribution >= 0.6 is 38.5 Å². The summed E-state index contributed by atoms with van der Waals surface area (Å²) < 4.78 is 1.28. The maximum atomic E-state index is 3.84. The maximum absolute atomic E-state index is 3.84. The lowest BCUT2D eigenvalue weighted by molar-refractivity contribution is 0.443. The van der Waals surface area contributed by atoms with E-state index in [9.17, 15) is 0 Å². The summed E-state index contributed by atoms with van der Waals surface area (Å²) in [6.45, 7) is 0. The summed E-state index contributed by atoms with van der Waals surface area (Å²) in [5, 5.41) is 0. The first kappa shape index (κ1) is 15.5. The molecule has 1 fully saturated rings. The van der Waals surface area contributed by atoms with Gasteiger partial charge >= 0.3 is 0 Å². The molecule has 0 amide bonds. The van der Waals surface area contributed by atoms with E-state index in [1.807, 2.05) is 0 Å². The van der Waals surface area contributed by atoms with Crippen molar-refractivity contribution in [2.24, 2.45) is 0 Å². The molecule has 3 rings (SSSR count). The van der Waals surface area contributed by atoms with E-state index in [-0.39, 0.29) is 4.83 Å². The number of alkyl halides is 1. The molecule has 110 valence electrons. The van der Waals surface area contributed by atoms with Crippen LogP contribution in [0, 0.1) is 3.57 Å². The van der Waals surface area contributed by atoms with Gasteiger partial charge in [-0.2, -0.15) is 0 Å². The van der Waals surface area contributed by atoms with Crippen LogP contribution in [0.15, 0.2) is 48.5 Å². The number of hydrogen-bond acceptors (Lipinski definition) is 0. The van der Waals surface area contributed by atoms with Gasteiger partial charge in [-0.05, 0) is 70.2 Å². The minimum atomic E-state index is 0.287. The van der Waals surface area contributed by atoms with E-state index in [0.29, 0.717) is 0 Å². The highest BCUT2D eigenvalue weighted by Crippen LogP contribution is 2.35. The molecule has 0 N–H and O–H groups in total. The van der Waals surface area contributed by atoms with Gasteiger partial charge < -0.3 is 0 Å². The van der Waals surface area contributed by atoms with E-state index in [0.717, 1.165) is 5.92 Å². The molecule has 0 radical (unpaired) electrons. The largest absolute Gasteiger partial charge is 0.0786 e. The van der Waals surface area contributed by atoms with Crippen molar-refractivity contribution in [3.63, 3.8) is 0 Å². The highest BCUT2D eigenvalue weighted by Gasteiger charge is 2.16. The lowest BCUT2D eigenvalue weighted by atomic mass is 9.84. The number of rotatable bonds is 3. The Morgan fingerprint density at radius 3 is 1.90 bits per heavy atom. The van der Waals surface area contributed by atoms with Crippen LogP contribution in [-0.4, -0.2) is 0 Å². The SMILES string of the molecule is BrC(c1ccc(I)cc1)c1ccc(C2CCCCC2)cc1. The second-order valence-corrected chi connectivity index (χ2v) is 8.08. The Balaban J connectivity index is 1.75. The van der Waals surface area contributed by atoms with Crippen molar-refractivity contribution in [3.05, 3.63) is 68.8 Å². The van der Waals surface area contributed by atoms with Gasteiger partial charge in [0, 0.05) is 3.57 Å². The summed E-state index contributed by atoms with van der Waals surface area (Å²) in [5.41, 5.74) is 4.19. The molecule has 0 aliphatic heterocycles. The van der Waals surface area contributed by atoms with Crippen molar-refractivity contribution in [1.29, 1.82) is 0 Å². The standard InChI is InChI=1S/C19H20BrI/c20-19(17-10-12-18(21)13-11-17)16-8-6-15(7-9-16)14-4-2-1-3-5-14/h6-14,19H,1-5H2. The van der Waals surface area contributed by atoms with Gasteiger partial charge in [0.1, 0.15) is 0 Å². The highest BCUT2D eigenvalue weighted by atomic mass is 127. The van der Waals surface area contributed by atoms with Crippen molar-refractivity contribution in [2.45, 2.75) is 42.8 Å². The minimum absolute atomic E-state index is 0.287. The Morgan fingerprint density at radius 2 is 1.33 bits per heavy atom. The third kappa shape index (κ3) is 3.89. The maximum Gasteiger partial charge on any atom is 0.0644 e. The second-order valence-electron chi connectivity index (χ2n) is 5.92. The van der Waals surface area contributed by atoms with Gasteiger partial charge in [0.15, 0.2) is 0 Å². The van der Waals surface area contributed by atoms with Gasteiger partial charge in [0.25, 0.3) is 0 Å². The normalized spacial score (nSPS) is 17.6. The van der Waals surface area contributed by atoms with Gasteiger partial charge in [-0.25, -0.2) is 0 Å². The van der Waals surface area contributed by atoms with Crippen molar-refractivity contribution in [2.75, 3.05) is 0 Å². The predicted octanol–water partition coefficient (Wildman–Crippen LogP) is 6.82. The Hall–Kier alpha value is -0.350. The van der Waals surface area contributed by atoms with Crippen LogP contribution in [0.4, 0.5) is 0 Å². The van der Waals surface area contributed by atoms with E-state index in [1.54, 1.807) is 0 Å². The number of benzene rings is 2. The van der Waals surface area contributed by atoms with Crippen LogP contribution in [0.5, 0.6) is 0 Å². The molecule has 1 saturated carbocycles. The molecule has 0 heterocycles. The average molecular weight is 455 g/mol. The molecule has 0 aromatic heterocycles. The molecule has 21 heavy (non-hydrogen) atoms. The summed E-state index contributed by atoms with van der Waals surface area (Å²) in [5.74, 6) is 0.792. The van der Waals surface area contributed by atoms with E-state index in [1.165, 1.54) is 52.4 Å². The summed E-state index contributed by atoms with van der Waals surface area (Å²) in [7, 11) is 0. The molecule has 2 aromatic rings. The van der Waals surface area contributed by atoms with E-state index < -0.39 is 0 Å². The van der Waals surface area contributed by atoms with Crippen LogP contribution in [0.25, 0.3) is 0 Å². The average Bonchev–Trinajstić information content (AvgIpc) is 2.56. The minimum Gasteiger partial charge on any atom is -0.0786 e. The third-order valence-corrected chi connectivity index (χ3v) is 6.24. The van der Waals surface area contributed by atoms with Gasteiger partial charge in [0.2, 0.25) is 0 Å². The fourth-order valence-electron chi connectivity index (χ4n) is 3.20. The first-order valence-electron chi connectivity index (χ1n) is 7.73. The predicted molar refractivity (Wildman–Crippen MR) is 102 cm³/mol. The molecule has 1 atom stereocenters. The van der Waals surface area contributed by atoms with Crippen LogP contribution in [0.1, 0.15) is 59.5 Å². The molecule has 0 bridgehead atoms. The molecule has 0 nitrogen and oxygen atoms in total. The summed E-state index contributed by atoms with van der Waals surface area (Å²) in [6, 6.07) is 18.0. The van der Waals surface area contributed by atoms with Crippen LogP contribution in [-0.2, 0) is 0 Å². The lowest BCUT2D eigenvalue weighted by Crippen LogP contribution is -2.04. The highest BCUT2D eigenvalue weighted by molar-refractivity contribution is 14.1. The zero-order valence-electron chi connectivity index (χ0n) is 12.1. The smallest absolute Gasteiger partial charge is 0.0644 e. The molecule has 1 aliphatic carbocycles. The van der Waals surface area contributed by atoms with Crippen molar-refractivity contribution < 1.29 is 0 Å². The van der Waals surface area contributed by atoms with Crippen LogP contribution in [0.2, 0.25) is 0 Å². The van der Waals surface area contributed by atoms with E-state index in [2.05, 4.69) is 87.1 Å². The molecular formula is C19H20BrI. The topological polar surface area (TPSA) is 0 Å². The summed E-state index contributed by atoms with van der Waals surface area (Å²) in [6.07, 6.45) is 6.96. The van der Waals surface area contributed by atoms with Gasteiger partial charge in [0.05, 0.1) is 4.83 Å². The number of hydrogen-bond donors (Lipinski definition) is 0. The zero-order chi connectivity index (χ0) is 14.7. The van der Waals surface area contributed by atoms with Gasteiger partial charge in [-0.3, -0.25) is 0 Å². The van der Waals surface area contributed by atoms with Crippen molar-refractivity contribution >= 4 is 38.5 Å². The van der Waals surface area contributed by atoms with Crippen LogP contribution in [0.3, 0.4) is 0 Å². The molecule has 2 aromatic carbocycles. The quantitative estimate of drug-likeness (QED) is 0.352. The Bertz CT molecular complexity index is 568. The monoisotopic (exact) mass is 454 g/mol. The Kier molecular flexibility index (Phi) is 5.38.